The van der Waals surface area contributed by atoms with Gasteiger partial charge in [-0.1, -0.05) is 18.2 Å². The Hall–Kier alpha value is -1.37. The number of aryl methyl sites for hydroxylation is 1. The Balaban J connectivity index is 1.87. The summed E-state index contributed by atoms with van der Waals surface area (Å²) in [5.74, 6) is 0.663. The third-order valence-corrected chi connectivity index (χ3v) is 6.42. The topological polar surface area (TPSA) is 68.5 Å². The van der Waals surface area contributed by atoms with E-state index in [4.69, 9.17) is 9.15 Å². The quantitative estimate of drug-likeness (QED) is 0.939. The molecule has 2 aromatic rings. The lowest BCUT2D eigenvalue weighted by atomic mass is 10.1. The van der Waals surface area contributed by atoms with E-state index in [0.717, 1.165) is 16.5 Å². The lowest BCUT2D eigenvalue weighted by Crippen LogP contribution is -2.39. The van der Waals surface area contributed by atoms with Crippen molar-refractivity contribution in [1.82, 2.24) is 4.72 Å². The van der Waals surface area contributed by atoms with E-state index in [1.54, 1.807) is 6.92 Å². The molecule has 1 fully saturated rings. The van der Waals surface area contributed by atoms with E-state index < -0.39 is 21.3 Å². The van der Waals surface area contributed by atoms with Crippen LogP contribution in [0.15, 0.2) is 28.7 Å². The SMILES string of the molecule is Cc1c([C@H](C)NS(=O)(=O)[C@@H]2CCO[C@H]2C)oc2ccccc12. The zero-order valence-corrected chi connectivity index (χ0v) is 13.8. The first kappa shape index (κ1) is 15.5. The third-order valence-electron chi connectivity index (χ3n) is 4.32. The molecule has 22 heavy (non-hydrogen) atoms. The molecule has 3 rings (SSSR count). The minimum atomic E-state index is -3.45. The largest absolute Gasteiger partial charge is 0.459 e. The Morgan fingerprint density at radius 1 is 1.32 bits per heavy atom. The monoisotopic (exact) mass is 323 g/mol. The zero-order chi connectivity index (χ0) is 15.9. The molecule has 120 valence electrons. The van der Waals surface area contributed by atoms with Crippen molar-refractivity contribution in [3.63, 3.8) is 0 Å². The van der Waals surface area contributed by atoms with Gasteiger partial charge < -0.3 is 9.15 Å². The Morgan fingerprint density at radius 3 is 2.68 bits per heavy atom. The van der Waals surface area contributed by atoms with Gasteiger partial charge in [0.05, 0.1) is 12.1 Å². The number of ether oxygens (including phenoxy) is 1. The van der Waals surface area contributed by atoms with E-state index in [1.165, 1.54) is 0 Å². The van der Waals surface area contributed by atoms with Crippen molar-refractivity contribution in [2.24, 2.45) is 0 Å². The summed E-state index contributed by atoms with van der Waals surface area (Å²) in [6.45, 7) is 6.05. The lowest BCUT2D eigenvalue weighted by Gasteiger charge is -2.19. The predicted molar refractivity (Wildman–Crippen MR) is 85.2 cm³/mol. The number of hydrogen-bond donors (Lipinski definition) is 1. The van der Waals surface area contributed by atoms with Crippen LogP contribution in [0.4, 0.5) is 0 Å². The highest BCUT2D eigenvalue weighted by Crippen LogP contribution is 2.30. The minimum Gasteiger partial charge on any atom is -0.459 e. The Kier molecular flexibility index (Phi) is 4.01. The van der Waals surface area contributed by atoms with Crippen LogP contribution in [0.2, 0.25) is 0 Å². The van der Waals surface area contributed by atoms with Crippen LogP contribution in [0.5, 0.6) is 0 Å². The fourth-order valence-electron chi connectivity index (χ4n) is 3.11. The van der Waals surface area contributed by atoms with Crippen LogP contribution in [-0.2, 0) is 14.8 Å². The maximum atomic E-state index is 12.5. The average Bonchev–Trinajstić information content (AvgIpc) is 3.03. The number of benzene rings is 1. The third kappa shape index (κ3) is 2.66. The summed E-state index contributed by atoms with van der Waals surface area (Å²) in [6.07, 6.45) is 0.254. The van der Waals surface area contributed by atoms with Crippen molar-refractivity contribution in [1.29, 1.82) is 0 Å². The standard InChI is InChI=1S/C16H21NO4S/c1-10-13-6-4-5-7-14(13)21-16(10)11(2)17-22(18,19)15-8-9-20-12(15)3/h4-7,11-12,15,17H,8-9H2,1-3H3/t11-,12-,15+/m0/s1. The molecule has 1 aromatic carbocycles. The average molecular weight is 323 g/mol. The van der Waals surface area contributed by atoms with Gasteiger partial charge in [0.25, 0.3) is 0 Å². The van der Waals surface area contributed by atoms with Crippen LogP contribution in [0.1, 0.15) is 37.6 Å². The second-order valence-corrected chi connectivity index (χ2v) is 7.81. The molecular weight excluding hydrogens is 302 g/mol. The van der Waals surface area contributed by atoms with Gasteiger partial charge in [0, 0.05) is 17.6 Å². The first-order chi connectivity index (χ1) is 10.4. The van der Waals surface area contributed by atoms with Gasteiger partial charge in [-0.05, 0) is 33.3 Å². The number of para-hydroxylation sites is 1. The highest BCUT2D eigenvalue weighted by Gasteiger charge is 2.37. The van der Waals surface area contributed by atoms with Crippen molar-refractivity contribution < 1.29 is 17.6 Å². The number of furan rings is 1. The molecule has 5 nitrogen and oxygen atoms in total. The van der Waals surface area contributed by atoms with Crippen LogP contribution in [0, 0.1) is 6.92 Å². The van der Waals surface area contributed by atoms with E-state index in [0.29, 0.717) is 18.8 Å². The highest BCUT2D eigenvalue weighted by atomic mass is 32.2. The van der Waals surface area contributed by atoms with Gasteiger partial charge in [0.2, 0.25) is 10.0 Å². The van der Waals surface area contributed by atoms with E-state index >= 15 is 0 Å². The predicted octanol–water partition coefficient (Wildman–Crippen LogP) is 2.90. The number of sulfonamides is 1. The number of hydrogen-bond acceptors (Lipinski definition) is 4. The van der Waals surface area contributed by atoms with Crippen LogP contribution >= 0.6 is 0 Å². The Morgan fingerprint density at radius 2 is 2.05 bits per heavy atom. The Labute approximate surface area is 130 Å². The second kappa shape index (κ2) is 5.68. The van der Waals surface area contributed by atoms with E-state index in [-0.39, 0.29) is 6.10 Å². The molecule has 0 bridgehead atoms. The molecule has 1 aliphatic rings. The lowest BCUT2D eigenvalue weighted by molar-refractivity contribution is 0.126. The molecule has 6 heteroatoms. The fourth-order valence-corrected chi connectivity index (χ4v) is 4.88. The minimum absolute atomic E-state index is 0.276. The van der Waals surface area contributed by atoms with Crippen molar-refractivity contribution in [2.45, 2.75) is 44.6 Å². The molecule has 0 unspecified atom stereocenters. The fraction of sp³-hybridized carbons (Fsp3) is 0.500. The molecule has 1 aliphatic heterocycles. The molecule has 2 heterocycles. The first-order valence-electron chi connectivity index (χ1n) is 7.51. The maximum absolute atomic E-state index is 12.5. The summed E-state index contributed by atoms with van der Waals surface area (Å²) < 4.78 is 39.0. The molecule has 1 saturated heterocycles. The van der Waals surface area contributed by atoms with Gasteiger partial charge in [0.15, 0.2) is 0 Å². The van der Waals surface area contributed by atoms with Gasteiger partial charge in [0.1, 0.15) is 16.6 Å². The van der Waals surface area contributed by atoms with Crippen LogP contribution in [0.25, 0.3) is 11.0 Å². The van der Waals surface area contributed by atoms with Crippen LogP contribution in [-0.4, -0.2) is 26.4 Å². The summed E-state index contributed by atoms with van der Waals surface area (Å²) in [7, 11) is -3.45. The summed E-state index contributed by atoms with van der Waals surface area (Å²) in [6, 6.07) is 7.30. The summed E-state index contributed by atoms with van der Waals surface area (Å²) >= 11 is 0. The molecule has 0 saturated carbocycles. The van der Waals surface area contributed by atoms with Crippen molar-refractivity contribution in [2.75, 3.05) is 6.61 Å². The van der Waals surface area contributed by atoms with Gasteiger partial charge >= 0.3 is 0 Å². The summed E-state index contributed by atoms with van der Waals surface area (Å²) in [4.78, 5) is 0. The molecule has 1 aromatic heterocycles. The van der Waals surface area contributed by atoms with Gasteiger partial charge in [-0.2, -0.15) is 0 Å². The molecule has 1 N–H and O–H groups in total. The maximum Gasteiger partial charge on any atom is 0.217 e. The van der Waals surface area contributed by atoms with E-state index in [2.05, 4.69) is 4.72 Å². The van der Waals surface area contributed by atoms with Gasteiger partial charge in [-0.3, -0.25) is 0 Å². The Bertz CT molecular complexity index is 781. The number of rotatable bonds is 4. The highest BCUT2D eigenvalue weighted by molar-refractivity contribution is 7.90. The van der Waals surface area contributed by atoms with E-state index in [1.807, 2.05) is 38.1 Å². The molecule has 0 radical (unpaired) electrons. The molecule has 3 atom stereocenters. The molecule has 0 spiro atoms. The van der Waals surface area contributed by atoms with E-state index in [9.17, 15) is 8.42 Å². The van der Waals surface area contributed by atoms with Crippen LogP contribution < -0.4 is 4.72 Å². The number of fused-ring (bicyclic) bond motifs is 1. The first-order valence-corrected chi connectivity index (χ1v) is 9.05. The number of nitrogens with one attached hydrogen (secondary N) is 1. The van der Waals surface area contributed by atoms with Crippen molar-refractivity contribution >= 4 is 21.0 Å². The van der Waals surface area contributed by atoms with Gasteiger partial charge in [-0.15, -0.1) is 0 Å². The normalized spacial score (nSPS) is 24.0. The molecule has 0 amide bonds. The summed E-state index contributed by atoms with van der Waals surface area (Å²) in [5, 5.41) is 0.515. The second-order valence-electron chi connectivity index (χ2n) is 5.88. The molecule has 0 aliphatic carbocycles. The van der Waals surface area contributed by atoms with Gasteiger partial charge in [-0.25, -0.2) is 13.1 Å². The van der Waals surface area contributed by atoms with Crippen molar-refractivity contribution in [3.05, 3.63) is 35.6 Å². The van der Waals surface area contributed by atoms with Crippen molar-refractivity contribution in [3.8, 4) is 0 Å². The smallest absolute Gasteiger partial charge is 0.217 e. The summed E-state index contributed by atoms with van der Waals surface area (Å²) in [5.41, 5.74) is 1.75. The molecular formula is C16H21NO4S. The van der Waals surface area contributed by atoms with Crippen LogP contribution in [0.3, 0.4) is 0 Å². The zero-order valence-electron chi connectivity index (χ0n) is 13.0.